The van der Waals surface area contributed by atoms with Gasteiger partial charge in [-0.15, -0.1) is 0 Å². The number of carbonyl (C=O) groups is 3. The number of rotatable bonds is 8. The van der Waals surface area contributed by atoms with Gasteiger partial charge < -0.3 is 15.4 Å². The monoisotopic (exact) mass is 368 g/mol. The highest BCUT2D eigenvalue weighted by Gasteiger charge is 2.07. The minimum Gasteiger partial charge on any atom is -0.427 e. The van der Waals surface area contributed by atoms with Crippen LogP contribution in [0.5, 0.6) is 5.75 Å². The molecule has 2 amide bonds. The van der Waals surface area contributed by atoms with Crippen molar-refractivity contribution < 1.29 is 19.1 Å². The Morgan fingerprint density at radius 1 is 0.963 bits per heavy atom. The van der Waals surface area contributed by atoms with E-state index < -0.39 is 5.97 Å². The molecule has 27 heavy (non-hydrogen) atoms. The molecule has 0 spiro atoms. The summed E-state index contributed by atoms with van der Waals surface area (Å²) in [5.41, 5.74) is 2.55. The highest BCUT2D eigenvalue weighted by atomic mass is 16.5. The predicted octanol–water partition coefficient (Wildman–Crippen LogP) is 2.40. The van der Waals surface area contributed by atoms with Crippen LogP contribution in [-0.4, -0.2) is 30.9 Å². The number of nitrogens with one attached hydrogen (secondary N) is 2. The van der Waals surface area contributed by atoms with Crippen LogP contribution in [0.15, 0.2) is 48.5 Å². The predicted molar refractivity (Wildman–Crippen MR) is 103 cm³/mol. The fourth-order valence-electron chi connectivity index (χ4n) is 2.44. The highest BCUT2D eigenvalue weighted by Crippen LogP contribution is 2.13. The Hall–Kier alpha value is -3.15. The Kier molecular flexibility index (Phi) is 7.55. The van der Waals surface area contributed by atoms with Crippen molar-refractivity contribution in [2.24, 2.45) is 0 Å². The Labute approximate surface area is 158 Å². The van der Waals surface area contributed by atoms with Gasteiger partial charge in [0, 0.05) is 25.6 Å². The third kappa shape index (κ3) is 7.32. The number of carbonyl (C=O) groups excluding carboxylic acids is 3. The van der Waals surface area contributed by atoms with E-state index in [2.05, 4.69) is 10.6 Å². The number of esters is 1. The molecule has 0 bridgehead atoms. The maximum absolute atomic E-state index is 12.1. The molecule has 0 heterocycles. The van der Waals surface area contributed by atoms with Crippen LogP contribution in [0.3, 0.4) is 0 Å². The van der Waals surface area contributed by atoms with Gasteiger partial charge in [0.25, 0.3) is 5.91 Å². The lowest BCUT2D eigenvalue weighted by Gasteiger charge is -2.08. The molecule has 0 saturated carbocycles. The van der Waals surface area contributed by atoms with E-state index in [9.17, 15) is 14.4 Å². The Balaban J connectivity index is 1.67. The van der Waals surface area contributed by atoms with Crippen molar-refractivity contribution in [3.8, 4) is 5.75 Å². The van der Waals surface area contributed by atoms with E-state index in [-0.39, 0.29) is 11.8 Å². The molecule has 142 valence electrons. The fraction of sp³-hybridized carbons (Fsp3) is 0.286. The molecule has 6 nitrogen and oxygen atoms in total. The third-order valence-electron chi connectivity index (χ3n) is 3.80. The molecule has 6 heteroatoms. The van der Waals surface area contributed by atoms with Crippen molar-refractivity contribution in [2.45, 2.75) is 26.7 Å². The maximum atomic E-state index is 12.1. The van der Waals surface area contributed by atoms with Gasteiger partial charge in [-0.2, -0.15) is 0 Å². The second kappa shape index (κ2) is 10.1. The van der Waals surface area contributed by atoms with Crippen LogP contribution >= 0.6 is 0 Å². The van der Waals surface area contributed by atoms with Crippen LogP contribution in [0, 0.1) is 6.92 Å². The summed E-state index contributed by atoms with van der Waals surface area (Å²) in [5, 5.41) is 5.62. The average molecular weight is 368 g/mol. The first kappa shape index (κ1) is 20.2. The van der Waals surface area contributed by atoms with E-state index in [4.69, 9.17) is 4.74 Å². The number of amides is 2. The average Bonchev–Trinajstić information content (AvgIpc) is 2.63. The molecule has 0 radical (unpaired) electrons. The zero-order valence-electron chi connectivity index (χ0n) is 15.6. The van der Waals surface area contributed by atoms with Crippen LogP contribution < -0.4 is 15.4 Å². The SMILES string of the molecule is CC(=O)Oc1cccc(C(=O)NCCCNC(=O)Cc2ccc(C)cc2)c1. The Morgan fingerprint density at radius 3 is 2.37 bits per heavy atom. The maximum Gasteiger partial charge on any atom is 0.308 e. The highest BCUT2D eigenvalue weighted by molar-refractivity contribution is 5.94. The van der Waals surface area contributed by atoms with E-state index in [0.717, 1.165) is 11.1 Å². The summed E-state index contributed by atoms with van der Waals surface area (Å²) < 4.78 is 4.96. The Morgan fingerprint density at radius 2 is 1.67 bits per heavy atom. The van der Waals surface area contributed by atoms with Crippen LogP contribution in [0.4, 0.5) is 0 Å². The summed E-state index contributed by atoms with van der Waals surface area (Å²) in [6, 6.07) is 14.3. The van der Waals surface area contributed by atoms with Crippen LogP contribution in [0.25, 0.3) is 0 Å². The summed E-state index contributed by atoms with van der Waals surface area (Å²) in [7, 11) is 0. The largest absolute Gasteiger partial charge is 0.427 e. The molecule has 0 aromatic heterocycles. The summed E-state index contributed by atoms with van der Waals surface area (Å²) in [5.74, 6) is -0.401. The molecule has 2 rings (SSSR count). The van der Waals surface area contributed by atoms with Gasteiger partial charge in [-0.3, -0.25) is 14.4 Å². The van der Waals surface area contributed by atoms with Gasteiger partial charge in [0.15, 0.2) is 0 Å². The van der Waals surface area contributed by atoms with E-state index in [0.29, 0.717) is 37.2 Å². The van der Waals surface area contributed by atoms with E-state index >= 15 is 0 Å². The zero-order valence-corrected chi connectivity index (χ0v) is 15.6. The summed E-state index contributed by atoms with van der Waals surface area (Å²) >= 11 is 0. The van der Waals surface area contributed by atoms with Gasteiger partial charge >= 0.3 is 5.97 Å². The van der Waals surface area contributed by atoms with Gasteiger partial charge in [-0.25, -0.2) is 0 Å². The van der Waals surface area contributed by atoms with Crippen molar-refractivity contribution >= 4 is 17.8 Å². The number of aryl methyl sites for hydroxylation is 1. The van der Waals surface area contributed by atoms with Crippen LogP contribution in [0.2, 0.25) is 0 Å². The molecule has 0 aliphatic heterocycles. The van der Waals surface area contributed by atoms with Gasteiger partial charge in [-0.1, -0.05) is 35.9 Å². The first-order valence-corrected chi connectivity index (χ1v) is 8.83. The minimum atomic E-state index is -0.436. The first-order chi connectivity index (χ1) is 12.9. The second-order valence-electron chi connectivity index (χ2n) is 6.24. The topological polar surface area (TPSA) is 84.5 Å². The smallest absolute Gasteiger partial charge is 0.308 e. The van der Waals surface area contributed by atoms with E-state index in [1.165, 1.54) is 13.0 Å². The molecule has 0 aliphatic rings. The number of ether oxygens (including phenoxy) is 1. The van der Waals surface area contributed by atoms with E-state index in [1.54, 1.807) is 18.2 Å². The lowest BCUT2D eigenvalue weighted by Crippen LogP contribution is -2.30. The molecule has 0 aliphatic carbocycles. The lowest BCUT2D eigenvalue weighted by atomic mass is 10.1. The Bertz CT molecular complexity index is 800. The number of benzene rings is 2. The number of hydrogen-bond acceptors (Lipinski definition) is 4. The van der Waals surface area contributed by atoms with Crippen molar-refractivity contribution in [3.63, 3.8) is 0 Å². The standard InChI is InChI=1S/C21H24N2O4/c1-15-7-9-17(10-8-15)13-20(25)22-11-4-12-23-21(26)18-5-3-6-19(14-18)27-16(2)24/h3,5-10,14H,4,11-13H2,1-2H3,(H,22,25)(H,23,26). The second-order valence-corrected chi connectivity index (χ2v) is 6.24. The lowest BCUT2D eigenvalue weighted by molar-refractivity contribution is -0.131. The molecule has 2 aromatic rings. The van der Waals surface area contributed by atoms with Crippen LogP contribution in [-0.2, 0) is 16.0 Å². The zero-order chi connectivity index (χ0) is 19.6. The summed E-state index contributed by atoms with van der Waals surface area (Å²) in [4.78, 5) is 35.0. The van der Waals surface area contributed by atoms with Gasteiger partial charge in [0.05, 0.1) is 6.42 Å². The normalized spacial score (nSPS) is 10.1. The molecule has 2 aromatic carbocycles. The van der Waals surface area contributed by atoms with Crippen molar-refractivity contribution in [2.75, 3.05) is 13.1 Å². The molecular formula is C21H24N2O4. The van der Waals surface area contributed by atoms with Gasteiger partial charge in [-0.05, 0) is 37.1 Å². The van der Waals surface area contributed by atoms with Crippen molar-refractivity contribution in [1.29, 1.82) is 0 Å². The summed E-state index contributed by atoms with van der Waals surface area (Å²) in [6.07, 6.45) is 0.963. The fourth-order valence-corrected chi connectivity index (χ4v) is 2.44. The van der Waals surface area contributed by atoms with Crippen molar-refractivity contribution in [1.82, 2.24) is 10.6 Å². The third-order valence-corrected chi connectivity index (χ3v) is 3.80. The minimum absolute atomic E-state index is 0.0423. The van der Waals surface area contributed by atoms with Gasteiger partial charge in [0.2, 0.25) is 5.91 Å². The first-order valence-electron chi connectivity index (χ1n) is 8.83. The molecular weight excluding hydrogens is 344 g/mol. The van der Waals surface area contributed by atoms with Crippen LogP contribution in [0.1, 0.15) is 34.8 Å². The molecule has 0 saturated heterocycles. The molecule has 0 unspecified atom stereocenters. The molecule has 2 N–H and O–H groups in total. The molecule has 0 atom stereocenters. The molecule has 0 fully saturated rings. The summed E-state index contributed by atoms with van der Waals surface area (Å²) in [6.45, 7) is 4.23. The van der Waals surface area contributed by atoms with Gasteiger partial charge in [0.1, 0.15) is 5.75 Å². The van der Waals surface area contributed by atoms with E-state index in [1.807, 2.05) is 31.2 Å². The number of hydrogen-bond donors (Lipinski definition) is 2. The quantitative estimate of drug-likeness (QED) is 0.426. The van der Waals surface area contributed by atoms with Crippen molar-refractivity contribution in [3.05, 3.63) is 65.2 Å².